The summed E-state index contributed by atoms with van der Waals surface area (Å²) >= 11 is 0. The lowest BCUT2D eigenvalue weighted by Crippen LogP contribution is -2.54. The SMILES string of the molecule is CN1CCN(C(=O)CN2CCNCC2=O)CC1.Cl. The fourth-order valence-electron chi connectivity index (χ4n) is 2.13. The van der Waals surface area contributed by atoms with E-state index < -0.39 is 0 Å². The summed E-state index contributed by atoms with van der Waals surface area (Å²) in [5, 5.41) is 3.00. The molecule has 0 bridgehead atoms. The molecule has 0 unspecified atom stereocenters. The Balaban J connectivity index is 0.00000162. The van der Waals surface area contributed by atoms with E-state index in [1.54, 1.807) is 4.90 Å². The van der Waals surface area contributed by atoms with E-state index in [0.29, 0.717) is 13.1 Å². The van der Waals surface area contributed by atoms with E-state index in [1.807, 2.05) is 4.90 Å². The minimum Gasteiger partial charge on any atom is -0.339 e. The molecule has 0 saturated carbocycles. The van der Waals surface area contributed by atoms with Crippen molar-refractivity contribution in [3.63, 3.8) is 0 Å². The maximum Gasteiger partial charge on any atom is 0.242 e. The molecule has 2 aliphatic heterocycles. The average Bonchev–Trinajstić information content (AvgIpc) is 2.33. The van der Waals surface area contributed by atoms with Gasteiger partial charge in [0.15, 0.2) is 0 Å². The quantitative estimate of drug-likeness (QED) is 0.675. The monoisotopic (exact) mass is 276 g/mol. The molecule has 1 N–H and O–H groups in total. The lowest BCUT2D eigenvalue weighted by molar-refractivity contribution is -0.142. The fourth-order valence-corrected chi connectivity index (χ4v) is 2.13. The number of likely N-dealkylation sites (N-methyl/N-ethyl adjacent to an activating group) is 1. The Bertz CT molecular complexity index is 305. The van der Waals surface area contributed by atoms with Crippen molar-refractivity contribution in [1.29, 1.82) is 0 Å². The summed E-state index contributed by atoms with van der Waals surface area (Å²) in [6.45, 7) is 5.40. The van der Waals surface area contributed by atoms with Crippen molar-refractivity contribution in [1.82, 2.24) is 20.0 Å². The zero-order chi connectivity index (χ0) is 12.3. The number of carbonyl (C=O) groups is 2. The normalized spacial score (nSPS) is 21.7. The maximum atomic E-state index is 12.0. The highest BCUT2D eigenvalue weighted by molar-refractivity contribution is 5.86. The number of hydrogen-bond donors (Lipinski definition) is 1. The zero-order valence-electron chi connectivity index (χ0n) is 10.7. The van der Waals surface area contributed by atoms with Crippen LogP contribution in [0.1, 0.15) is 0 Å². The van der Waals surface area contributed by atoms with Gasteiger partial charge in [0.2, 0.25) is 11.8 Å². The Morgan fingerprint density at radius 3 is 2.50 bits per heavy atom. The van der Waals surface area contributed by atoms with E-state index in [9.17, 15) is 9.59 Å². The molecule has 2 aliphatic rings. The molecule has 0 aliphatic carbocycles. The molecular weight excluding hydrogens is 256 g/mol. The van der Waals surface area contributed by atoms with Gasteiger partial charge in [-0.2, -0.15) is 0 Å². The van der Waals surface area contributed by atoms with Crippen LogP contribution in [0.3, 0.4) is 0 Å². The van der Waals surface area contributed by atoms with Crippen molar-refractivity contribution < 1.29 is 9.59 Å². The van der Waals surface area contributed by atoms with Crippen molar-refractivity contribution in [3.05, 3.63) is 0 Å². The molecule has 18 heavy (non-hydrogen) atoms. The van der Waals surface area contributed by atoms with E-state index in [-0.39, 0.29) is 30.8 Å². The third-order valence-electron chi connectivity index (χ3n) is 3.37. The number of amides is 2. The Kier molecular flexibility index (Phi) is 5.84. The van der Waals surface area contributed by atoms with Gasteiger partial charge in [0.05, 0.1) is 13.1 Å². The number of piperazine rings is 2. The van der Waals surface area contributed by atoms with E-state index in [1.165, 1.54) is 0 Å². The van der Waals surface area contributed by atoms with Crippen molar-refractivity contribution in [2.24, 2.45) is 0 Å². The predicted molar refractivity (Wildman–Crippen MR) is 70.8 cm³/mol. The summed E-state index contributed by atoms with van der Waals surface area (Å²) in [4.78, 5) is 29.3. The zero-order valence-corrected chi connectivity index (χ0v) is 11.5. The predicted octanol–water partition coefficient (Wildman–Crippen LogP) is -1.39. The van der Waals surface area contributed by atoms with Gasteiger partial charge in [-0.3, -0.25) is 9.59 Å². The first-order valence-electron chi connectivity index (χ1n) is 6.11. The summed E-state index contributed by atoms with van der Waals surface area (Å²) < 4.78 is 0. The fraction of sp³-hybridized carbons (Fsp3) is 0.818. The topological polar surface area (TPSA) is 55.9 Å². The minimum absolute atomic E-state index is 0. The third-order valence-corrected chi connectivity index (χ3v) is 3.37. The van der Waals surface area contributed by atoms with Crippen LogP contribution < -0.4 is 5.32 Å². The first-order chi connectivity index (χ1) is 8.16. The van der Waals surface area contributed by atoms with Gasteiger partial charge >= 0.3 is 0 Å². The maximum absolute atomic E-state index is 12.0. The molecule has 2 rings (SSSR count). The molecule has 0 spiro atoms. The molecule has 0 atom stereocenters. The number of hydrogen-bond acceptors (Lipinski definition) is 4. The Morgan fingerprint density at radius 1 is 1.22 bits per heavy atom. The highest BCUT2D eigenvalue weighted by atomic mass is 35.5. The summed E-state index contributed by atoms with van der Waals surface area (Å²) in [7, 11) is 2.06. The van der Waals surface area contributed by atoms with Crippen LogP contribution >= 0.6 is 12.4 Å². The van der Waals surface area contributed by atoms with Gasteiger partial charge in [-0.1, -0.05) is 0 Å². The van der Waals surface area contributed by atoms with E-state index in [2.05, 4.69) is 17.3 Å². The number of rotatable bonds is 2. The van der Waals surface area contributed by atoms with Crippen LogP contribution in [0.5, 0.6) is 0 Å². The van der Waals surface area contributed by atoms with Gasteiger partial charge in [-0.15, -0.1) is 12.4 Å². The summed E-state index contributed by atoms with van der Waals surface area (Å²) in [6, 6.07) is 0. The lowest BCUT2D eigenvalue weighted by atomic mass is 10.3. The highest BCUT2D eigenvalue weighted by Crippen LogP contribution is 2.02. The van der Waals surface area contributed by atoms with Crippen molar-refractivity contribution >= 4 is 24.2 Å². The molecule has 2 saturated heterocycles. The van der Waals surface area contributed by atoms with Gasteiger partial charge in [-0.05, 0) is 7.05 Å². The second kappa shape index (κ2) is 6.92. The number of nitrogens with one attached hydrogen (secondary N) is 1. The molecule has 2 heterocycles. The molecule has 0 aromatic heterocycles. The van der Waals surface area contributed by atoms with Crippen LogP contribution in [0.2, 0.25) is 0 Å². The third kappa shape index (κ3) is 3.83. The molecule has 0 aromatic rings. The van der Waals surface area contributed by atoms with Crippen LogP contribution in [0.25, 0.3) is 0 Å². The summed E-state index contributed by atoms with van der Waals surface area (Å²) in [5.41, 5.74) is 0. The van der Waals surface area contributed by atoms with Gasteiger partial charge in [-0.25, -0.2) is 0 Å². The summed E-state index contributed by atoms with van der Waals surface area (Å²) in [5.74, 6) is 0.104. The first-order valence-corrected chi connectivity index (χ1v) is 6.11. The Labute approximate surface area is 114 Å². The number of halogens is 1. The van der Waals surface area contributed by atoms with E-state index >= 15 is 0 Å². The Hall–Kier alpha value is -0.850. The van der Waals surface area contributed by atoms with Crippen LogP contribution in [-0.4, -0.2) is 85.9 Å². The smallest absolute Gasteiger partial charge is 0.242 e. The van der Waals surface area contributed by atoms with Gasteiger partial charge in [0, 0.05) is 39.3 Å². The average molecular weight is 277 g/mol. The molecule has 2 fully saturated rings. The minimum atomic E-state index is 0. The van der Waals surface area contributed by atoms with Gasteiger partial charge in [0.25, 0.3) is 0 Å². The van der Waals surface area contributed by atoms with Crippen molar-refractivity contribution in [2.75, 3.05) is 59.4 Å². The summed E-state index contributed by atoms with van der Waals surface area (Å²) in [6.07, 6.45) is 0. The molecular formula is C11H21ClN4O2. The molecule has 7 heteroatoms. The molecule has 0 radical (unpaired) electrons. The molecule has 104 valence electrons. The van der Waals surface area contributed by atoms with Gasteiger partial charge in [0.1, 0.15) is 0 Å². The second-order valence-corrected chi connectivity index (χ2v) is 4.68. The van der Waals surface area contributed by atoms with Gasteiger partial charge < -0.3 is 20.0 Å². The first kappa shape index (κ1) is 15.2. The van der Waals surface area contributed by atoms with E-state index in [4.69, 9.17) is 0 Å². The van der Waals surface area contributed by atoms with Crippen LogP contribution in [-0.2, 0) is 9.59 Å². The molecule has 0 aromatic carbocycles. The standard InChI is InChI=1S/C11H20N4O2.ClH/c1-13-4-6-14(7-5-13)11(17)9-15-3-2-12-8-10(15)16;/h12H,2-9H2,1H3;1H. The van der Waals surface area contributed by atoms with Crippen molar-refractivity contribution in [2.45, 2.75) is 0 Å². The molecule has 6 nitrogen and oxygen atoms in total. The largest absolute Gasteiger partial charge is 0.339 e. The van der Waals surface area contributed by atoms with Crippen molar-refractivity contribution in [3.8, 4) is 0 Å². The number of nitrogens with zero attached hydrogens (tertiary/aromatic N) is 3. The van der Waals surface area contributed by atoms with Crippen LogP contribution in [0.15, 0.2) is 0 Å². The van der Waals surface area contributed by atoms with Crippen LogP contribution in [0.4, 0.5) is 0 Å². The van der Waals surface area contributed by atoms with E-state index in [0.717, 1.165) is 32.7 Å². The highest BCUT2D eigenvalue weighted by Gasteiger charge is 2.24. The second-order valence-electron chi connectivity index (χ2n) is 4.68. The number of carbonyl (C=O) groups excluding carboxylic acids is 2. The molecule has 2 amide bonds. The Morgan fingerprint density at radius 2 is 1.89 bits per heavy atom. The van der Waals surface area contributed by atoms with Crippen LogP contribution in [0, 0.1) is 0 Å². The lowest BCUT2D eigenvalue weighted by Gasteiger charge is -2.34.